The number of carbonyl (C=O) groups excluding carboxylic acids is 1. The van der Waals surface area contributed by atoms with E-state index in [9.17, 15) is 4.79 Å². The van der Waals surface area contributed by atoms with Crippen LogP contribution in [0.25, 0.3) is 0 Å². The summed E-state index contributed by atoms with van der Waals surface area (Å²) in [4.78, 5) is 11.5. The SMILES string of the molecule is C[C@@H](N)C(=O)NCC1(Cc2ccccc2)CCC1. The number of rotatable bonds is 5. The zero-order valence-corrected chi connectivity index (χ0v) is 11.0. The van der Waals surface area contributed by atoms with Gasteiger partial charge in [0, 0.05) is 6.54 Å². The second-order valence-electron chi connectivity index (χ2n) is 5.52. The van der Waals surface area contributed by atoms with Crippen LogP contribution in [-0.4, -0.2) is 18.5 Å². The molecule has 98 valence electrons. The second kappa shape index (κ2) is 5.53. The molecular weight excluding hydrogens is 224 g/mol. The Bertz CT molecular complexity index is 396. The van der Waals surface area contributed by atoms with E-state index in [1.807, 2.05) is 6.07 Å². The van der Waals surface area contributed by atoms with Crippen LogP contribution in [-0.2, 0) is 11.2 Å². The van der Waals surface area contributed by atoms with E-state index < -0.39 is 6.04 Å². The summed E-state index contributed by atoms with van der Waals surface area (Å²) >= 11 is 0. The standard InChI is InChI=1S/C15H22N2O/c1-12(16)14(18)17-11-15(8-5-9-15)10-13-6-3-2-4-7-13/h2-4,6-7,12H,5,8-11,16H2,1H3,(H,17,18)/t12-/m1/s1. The summed E-state index contributed by atoms with van der Waals surface area (Å²) in [7, 11) is 0. The van der Waals surface area contributed by atoms with Gasteiger partial charge >= 0.3 is 0 Å². The summed E-state index contributed by atoms with van der Waals surface area (Å²) in [5, 5.41) is 2.98. The van der Waals surface area contributed by atoms with Crippen molar-refractivity contribution in [1.82, 2.24) is 5.32 Å². The van der Waals surface area contributed by atoms with Gasteiger partial charge in [-0.2, -0.15) is 0 Å². The summed E-state index contributed by atoms with van der Waals surface area (Å²) in [6.45, 7) is 2.47. The van der Waals surface area contributed by atoms with E-state index >= 15 is 0 Å². The zero-order valence-electron chi connectivity index (χ0n) is 11.0. The number of hydrogen-bond acceptors (Lipinski definition) is 2. The molecule has 1 saturated carbocycles. The van der Waals surface area contributed by atoms with Crippen LogP contribution in [0.1, 0.15) is 31.7 Å². The van der Waals surface area contributed by atoms with Crippen LogP contribution >= 0.6 is 0 Å². The van der Waals surface area contributed by atoms with Crippen LogP contribution in [0.5, 0.6) is 0 Å². The van der Waals surface area contributed by atoms with Crippen molar-refractivity contribution in [3.05, 3.63) is 35.9 Å². The molecule has 0 spiro atoms. The van der Waals surface area contributed by atoms with E-state index in [0.29, 0.717) is 0 Å². The van der Waals surface area contributed by atoms with Crippen molar-refractivity contribution >= 4 is 5.91 Å². The van der Waals surface area contributed by atoms with Crippen molar-refractivity contribution in [3.8, 4) is 0 Å². The number of benzene rings is 1. The molecule has 0 unspecified atom stereocenters. The molecular formula is C15H22N2O. The molecule has 0 aliphatic heterocycles. The van der Waals surface area contributed by atoms with Crippen LogP contribution < -0.4 is 11.1 Å². The maximum Gasteiger partial charge on any atom is 0.236 e. The average molecular weight is 246 g/mol. The van der Waals surface area contributed by atoms with E-state index in [-0.39, 0.29) is 11.3 Å². The lowest BCUT2D eigenvalue weighted by molar-refractivity contribution is -0.122. The first kappa shape index (κ1) is 13.1. The molecule has 0 heterocycles. The number of hydrogen-bond donors (Lipinski definition) is 2. The van der Waals surface area contributed by atoms with Crippen molar-refractivity contribution in [3.63, 3.8) is 0 Å². The summed E-state index contributed by atoms with van der Waals surface area (Å²) in [5.74, 6) is -0.0469. The normalized spacial score (nSPS) is 18.8. The second-order valence-corrected chi connectivity index (χ2v) is 5.52. The largest absolute Gasteiger partial charge is 0.354 e. The van der Waals surface area contributed by atoms with Gasteiger partial charge < -0.3 is 11.1 Å². The summed E-state index contributed by atoms with van der Waals surface area (Å²) in [5.41, 5.74) is 7.18. The first-order chi connectivity index (χ1) is 8.61. The lowest BCUT2D eigenvalue weighted by atomic mass is 9.65. The molecule has 1 aliphatic carbocycles. The number of nitrogens with one attached hydrogen (secondary N) is 1. The molecule has 1 aromatic carbocycles. The molecule has 3 N–H and O–H groups in total. The van der Waals surface area contributed by atoms with Crippen LogP contribution in [0.2, 0.25) is 0 Å². The monoisotopic (exact) mass is 246 g/mol. The number of amides is 1. The minimum absolute atomic E-state index is 0.0469. The first-order valence-electron chi connectivity index (χ1n) is 6.69. The zero-order chi connectivity index (χ0) is 13.0. The van der Waals surface area contributed by atoms with E-state index in [1.165, 1.54) is 24.8 Å². The quantitative estimate of drug-likeness (QED) is 0.833. The van der Waals surface area contributed by atoms with E-state index in [2.05, 4.69) is 29.6 Å². The predicted molar refractivity (Wildman–Crippen MR) is 73.1 cm³/mol. The van der Waals surface area contributed by atoms with Crippen LogP contribution in [0.3, 0.4) is 0 Å². The molecule has 0 radical (unpaired) electrons. The van der Waals surface area contributed by atoms with Gasteiger partial charge in [-0.05, 0) is 37.2 Å². The Morgan fingerprint density at radius 1 is 1.39 bits per heavy atom. The van der Waals surface area contributed by atoms with Crippen LogP contribution in [0.15, 0.2) is 30.3 Å². The third-order valence-electron chi connectivity index (χ3n) is 3.89. The molecule has 2 rings (SSSR count). The molecule has 1 amide bonds. The maximum absolute atomic E-state index is 11.5. The maximum atomic E-state index is 11.5. The number of nitrogens with two attached hydrogens (primary N) is 1. The summed E-state index contributed by atoms with van der Waals surface area (Å²) in [6.07, 6.45) is 4.70. The molecule has 1 aromatic rings. The predicted octanol–water partition coefficient (Wildman–Crippen LogP) is 1.86. The van der Waals surface area contributed by atoms with E-state index in [4.69, 9.17) is 5.73 Å². The fourth-order valence-electron chi connectivity index (χ4n) is 2.56. The topological polar surface area (TPSA) is 55.1 Å². The first-order valence-corrected chi connectivity index (χ1v) is 6.69. The molecule has 0 bridgehead atoms. The van der Waals surface area contributed by atoms with Gasteiger partial charge in [0.25, 0.3) is 0 Å². The molecule has 18 heavy (non-hydrogen) atoms. The van der Waals surface area contributed by atoms with Crippen molar-refractivity contribution in [2.45, 2.75) is 38.6 Å². The fourth-order valence-corrected chi connectivity index (χ4v) is 2.56. The average Bonchev–Trinajstić information content (AvgIpc) is 2.33. The molecule has 0 aromatic heterocycles. The Morgan fingerprint density at radius 3 is 2.56 bits per heavy atom. The fraction of sp³-hybridized carbons (Fsp3) is 0.533. The third-order valence-corrected chi connectivity index (χ3v) is 3.89. The van der Waals surface area contributed by atoms with Crippen molar-refractivity contribution in [2.75, 3.05) is 6.54 Å². The lowest BCUT2D eigenvalue weighted by Crippen LogP contribution is -2.47. The van der Waals surface area contributed by atoms with Gasteiger partial charge in [0.15, 0.2) is 0 Å². The van der Waals surface area contributed by atoms with Crippen LogP contribution in [0.4, 0.5) is 0 Å². The van der Waals surface area contributed by atoms with Crippen LogP contribution in [0, 0.1) is 5.41 Å². The summed E-state index contributed by atoms with van der Waals surface area (Å²) in [6, 6.07) is 10.1. The Kier molecular flexibility index (Phi) is 4.02. The van der Waals surface area contributed by atoms with Gasteiger partial charge in [0.1, 0.15) is 0 Å². The van der Waals surface area contributed by atoms with Crippen molar-refractivity contribution < 1.29 is 4.79 Å². The lowest BCUT2D eigenvalue weighted by Gasteiger charge is -2.42. The smallest absolute Gasteiger partial charge is 0.236 e. The highest BCUT2D eigenvalue weighted by Gasteiger charge is 2.37. The Labute approximate surface area is 109 Å². The van der Waals surface area contributed by atoms with Gasteiger partial charge in [0.05, 0.1) is 6.04 Å². The van der Waals surface area contributed by atoms with E-state index in [0.717, 1.165) is 13.0 Å². The minimum atomic E-state index is -0.418. The number of carbonyl (C=O) groups is 1. The third kappa shape index (κ3) is 3.10. The van der Waals surface area contributed by atoms with Gasteiger partial charge in [-0.1, -0.05) is 36.8 Å². The minimum Gasteiger partial charge on any atom is -0.354 e. The molecule has 1 fully saturated rings. The molecule has 1 aliphatic rings. The van der Waals surface area contributed by atoms with Crippen molar-refractivity contribution in [2.24, 2.45) is 11.1 Å². The Balaban J connectivity index is 1.93. The van der Waals surface area contributed by atoms with Crippen molar-refractivity contribution in [1.29, 1.82) is 0 Å². The highest BCUT2D eigenvalue weighted by atomic mass is 16.2. The Morgan fingerprint density at radius 2 is 2.06 bits per heavy atom. The molecule has 1 atom stereocenters. The van der Waals surface area contributed by atoms with Gasteiger partial charge in [-0.25, -0.2) is 0 Å². The molecule has 0 saturated heterocycles. The summed E-state index contributed by atoms with van der Waals surface area (Å²) < 4.78 is 0. The van der Waals surface area contributed by atoms with Gasteiger partial charge in [-0.15, -0.1) is 0 Å². The van der Waals surface area contributed by atoms with E-state index in [1.54, 1.807) is 6.92 Å². The Hall–Kier alpha value is -1.35. The highest BCUT2D eigenvalue weighted by Crippen LogP contribution is 2.43. The highest BCUT2D eigenvalue weighted by molar-refractivity contribution is 5.80. The van der Waals surface area contributed by atoms with Gasteiger partial charge in [0.2, 0.25) is 5.91 Å². The molecule has 3 nitrogen and oxygen atoms in total. The molecule has 3 heteroatoms. The van der Waals surface area contributed by atoms with Gasteiger partial charge in [-0.3, -0.25) is 4.79 Å².